The van der Waals surface area contributed by atoms with Gasteiger partial charge >= 0.3 is 6.18 Å². The molecule has 0 aromatic heterocycles. The Morgan fingerprint density at radius 3 is 2.07 bits per heavy atom. The van der Waals surface area contributed by atoms with Crippen molar-refractivity contribution in [2.45, 2.75) is 25.4 Å². The molecule has 0 saturated carbocycles. The fraction of sp³-hybridized carbons (Fsp3) is 0.455. The van der Waals surface area contributed by atoms with Gasteiger partial charge in [0.25, 0.3) is 0 Å². The summed E-state index contributed by atoms with van der Waals surface area (Å²) in [5.41, 5.74) is 5.66. The molecular formula is C11H14F3N. The molecule has 0 fully saturated rings. The van der Waals surface area contributed by atoms with Gasteiger partial charge in [0.2, 0.25) is 0 Å². The Hall–Kier alpha value is -1.03. The molecule has 84 valence electrons. The molecule has 0 spiro atoms. The normalized spacial score (nSPS) is 11.7. The van der Waals surface area contributed by atoms with Crippen LogP contribution in [0, 0.1) is 0 Å². The minimum atomic E-state index is -4.24. The van der Waals surface area contributed by atoms with Crippen molar-refractivity contribution < 1.29 is 13.2 Å². The van der Waals surface area contributed by atoms with Crippen LogP contribution in [0.5, 0.6) is 0 Å². The molecule has 2 N–H and O–H groups in total. The first-order valence-corrected chi connectivity index (χ1v) is 4.90. The Morgan fingerprint density at radius 2 is 1.60 bits per heavy atom. The third-order valence-corrected chi connectivity index (χ3v) is 2.20. The average Bonchev–Trinajstić information content (AvgIpc) is 2.18. The lowest BCUT2D eigenvalue weighted by Crippen LogP contribution is -2.04. The summed E-state index contributed by atoms with van der Waals surface area (Å²) in [5.74, 6) is 0. The Bertz CT molecular complexity index is 290. The van der Waals surface area contributed by atoms with Crippen molar-refractivity contribution in [1.29, 1.82) is 0 Å². The molecule has 0 bridgehead atoms. The lowest BCUT2D eigenvalue weighted by atomic mass is 10.1. The van der Waals surface area contributed by atoms with Crippen molar-refractivity contribution in [2.75, 3.05) is 6.54 Å². The average molecular weight is 217 g/mol. The van der Waals surface area contributed by atoms with Crippen LogP contribution in [0.15, 0.2) is 24.3 Å². The van der Waals surface area contributed by atoms with E-state index in [2.05, 4.69) is 0 Å². The second-order valence-electron chi connectivity index (χ2n) is 3.44. The molecule has 0 aliphatic rings. The maximum Gasteiger partial charge on any atom is 0.416 e. The van der Waals surface area contributed by atoms with Gasteiger partial charge in [0.15, 0.2) is 0 Å². The molecule has 0 unspecified atom stereocenters. The number of benzene rings is 1. The summed E-state index contributed by atoms with van der Waals surface area (Å²) >= 11 is 0. The topological polar surface area (TPSA) is 26.0 Å². The number of hydrogen-bond donors (Lipinski definition) is 1. The molecule has 1 nitrogen and oxygen atoms in total. The number of halogens is 3. The number of unbranched alkanes of at least 4 members (excludes halogenated alkanes) is 1. The number of aryl methyl sites for hydroxylation is 1. The first kappa shape index (κ1) is 12.0. The maximum atomic E-state index is 12.2. The summed E-state index contributed by atoms with van der Waals surface area (Å²) in [6.45, 7) is 0.626. The zero-order valence-electron chi connectivity index (χ0n) is 8.35. The van der Waals surface area contributed by atoms with Crippen LogP contribution in [-0.4, -0.2) is 6.54 Å². The highest BCUT2D eigenvalue weighted by molar-refractivity contribution is 5.24. The molecule has 1 aromatic rings. The standard InChI is InChI=1S/C11H14F3N/c12-11(13,14)10-6-4-9(5-7-10)3-1-2-8-15/h4-7H,1-3,8,15H2. The molecule has 0 amide bonds. The van der Waals surface area contributed by atoms with Crippen molar-refractivity contribution in [3.8, 4) is 0 Å². The smallest absolute Gasteiger partial charge is 0.330 e. The van der Waals surface area contributed by atoms with Crippen LogP contribution in [0.1, 0.15) is 24.0 Å². The first-order chi connectivity index (χ1) is 7.04. The summed E-state index contributed by atoms with van der Waals surface area (Å²) < 4.78 is 36.6. The van der Waals surface area contributed by atoms with E-state index < -0.39 is 11.7 Å². The fourth-order valence-corrected chi connectivity index (χ4v) is 1.33. The van der Waals surface area contributed by atoms with E-state index >= 15 is 0 Å². The molecule has 15 heavy (non-hydrogen) atoms. The van der Waals surface area contributed by atoms with Gasteiger partial charge in [-0.05, 0) is 43.5 Å². The zero-order chi connectivity index (χ0) is 11.3. The van der Waals surface area contributed by atoms with E-state index in [0.29, 0.717) is 6.54 Å². The second-order valence-corrected chi connectivity index (χ2v) is 3.44. The minimum Gasteiger partial charge on any atom is -0.330 e. The lowest BCUT2D eigenvalue weighted by molar-refractivity contribution is -0.137. The Balaban J connectivity index is 2.57. The van der Waals surface area contributed by atoms with Crippen LogP contribution in [0.4, 0.5) is 13.2 Å². The molecule has 4 heteroatoms. The summed E-state index contributed by atoms with van der Waals surface area (Å²) in [6.07, 6.45) is -1.63. The maximum absolute atomic E-state index is 12.2. The van der Waals surface area contributed by atoms with Crippen molar-refractivity contribution in [3.63, 3.8) is 0 Å². The van der Waals surface area contributed by atoms with E-state index in [0.717, 1.165) is 37.0 Å². The number of nitrogens with two attached hydrogens (primary N) is 1. The van der Waals surface area contributed by atoms with Crippen LogP contribution in [-0.2, 0) is 12.6 Å². The minimum absolute atomic E-state index is 0.593. The van der Waals surface area contributed by atoms with Gasteiger partial charge in [-0.15, -0.1) is 0 Å². The summed E-state index contributed by atoms with van der Waals surface area (Å²) in [6, 6.07) is 5.30. The first-order valence-electron chi connectivity index (χ1n) is 4.90. The van der Waals surface area contributed by atoms with Gasteiger partial charge in [-0.3, -0.25) is 0 Å². The zero-order valence-corrected chi connectivity index (χ0v) is 8.35. The molecule has 0 heterocycles. The molecule has 1 rings (SSSR count). The van der Waals surface area contributed by atoms with Crippen molar-refractivity contribution in [2.24, 2.45) is 5.73 Å². The molecule has 0 saturated heterocycles. The summed E-state index contributed by atoms with van der Waals surface area (Å²) in [7, 11) is 0. The Morgan fingerprint density at radius 1 is 1.00 bits per heavy atom. The highest BCUT2D eigenvalue weighted by Gasteiger charge is 2.29. The van der Waals surface area contributed by atoms with Crippen LogP contribution in [0.2, 0.25) is 0 Å². The molecule has 0 atom stereocenters. The van der Waals surface area contributed by atoms with Gasteiger partial charge in [-0.2, -0.15) is 13.2 Å². The Kier molecular flexibility index (Phi) is 4.15. The number of rotatable bonds is 4. The van der Waals surface area contributed by atoms with Crippen LogP contribution < -0.4 is 5.73 Å². The van der Waals surface area contributed by atoms with Gasteiger partial charge < -0.3 is 5.73 Å². The second kappa shape index (κ2) is 5.16. The van der Waals surface area contributed by atoms with E-state index in [-0.39, 0.29) is 0 Å². The quantitative estimate of drug-likeness (QED) is 0.771. The molecule has 0 aliphatic carbocycles. The largest absolute Gasteiger partial charge is 0.416 e. The predicted octanol–water partition coefficient (Wildman–Crippen LogP) is 2.99. The molecular weight excluding hydrogens is 203 g/mol. The predicted molar refractivity (Wildman–Crippen MR) is 53.4 cm³/mol. The number of alkyl halides is 3. The van der Waals surface area contributed by atoms with Crippen molar-refractivity contribution in [1.82, 2.24) is 0 Å². The van der Waals surface area contributed by atoms with Gasteiger partial charge in [0.1, 0.15) is 0 Å². The van der Waals surface area contributed by atoms with Gasteiger partial charge in [0, 0.05) is 0 Å². The van der Waals surface area contributed by atoms with Crippen LogP contribution >= 0.6 is 0 Å². The lowest BCUT2D eigenvalue weighted by Gasteiger charge is -2.07. The van der Waals surface area contributed by atoms with E-state index in [4.69, 9.17) is 5.73 Å². The summed E-state index contributed by atoms with van der Waals surface area (Å²) in [4.78, 5) is 0. The van der Waals surface area contributed by atoms with Gasteiger partial charge in [-0.1, -0.05) is 12.1 Å². The van der Waals surface area contributed by atoms with Crippen LogP contribution in [0.25, 0.3) is 0 Å². The molecule has 1 aromatic carbocycles. The van der Waals surface area contributed by atoms with E-state index in [1.807, 2.05) is 0 Å². The van der Waals surface area contributed by atoms with Gasteiger partial charge in [0.05, 0.1) is 5.56 Å². The Labute approximate surface area is 87.1 Å². The highest BCUT2D eigenvalue weighted by Crippen LogP contribution is 2.29. The van der Waals surface area contributed by atoms with E-state index in [1.54, 1.807) is 0 Å². The van der Waals surface area contributed by atoms with Crippen molar-refractivity contribution >= 4 is 0 Å². The number of hydrogen-bond acceptors (Lipinski definition) is 1. The fourth-order valence-electron chi connectivity index (χ4n) is 1.33. The van der Waals surface area contributed by atoms with E-state index in [1.165, 1.54) is 12.1 Å². The summed E-state index contributed by atoms with van der Waals surface area (Å²) in [5, 5.41) is 0. The monoisotopic (exact) mass is 217 g/mol. The van der Waals surface area contributed by atoms with Gasteiger partial charge in [-0.25, -0.2) is 0 Å². The SMILES string of the molecule is NCCCCc1ccc(C(F)(F)F)cc1. The van der Waals surface area contributed by atoms with Crippen molar-refractivity contribution in [3.05, 3.63) is 35.4 Å². The molecule has 0 radical (unpaired) electrons. The highest BCUT2D eigenvalue weighted by atomic mass is 19.4. The van der Waals surface area contributed by atoms with E-state index in [9.17, 15) is 13.2 Å². The third kappa shape index (κ3) is 3.91. The molecule has 0 aliphatic heterocycles. The van der Waals surface area contributed by atoms with Crippen LogP contribution in [0.3, 0.4) is 0 Å². The third-order valence-electron chi connectivity index (χ3n) is 2.20.